The topological polar surface area (TPSA) is 110 Å². The maximum Gasteiger partial charge on any atom is 0.206 e. The van der Waals surface area contributed by atoms with Crippen LogP contribution in [0.1, 0.15) is 47.4 Å². The maximum atomic E-state index is 13.4. The highest BCUT2D eigenvalue weighted by atomic mass is 16.5. The summed E-state index contributed by atoms with van der Waals surface area (Å²) in [5.74, 6) is -1.59. The first-order valence-electron chi connectivity index (χ1n) is 8.27. The van der Waals surface area contributed by atoms with Gasteiger partial charge in [0.05, 0.1) is 5.57 Å². The third-order valence-corrected chi connectivity index (χ3v) is 5.27. The molecule has 1 spiro atoms. The summed E-state index contributed by atoms with van der Waals surface area (Å²) in [5, 5.41) is 9.67. The smallest absolute Gasteiger partial charge is 0.206 e. The average Bonchev–Trinajstić information content (AvgIpc) is 2.77. The predicted molar refractivity (Wildman–Crippen MR) is 90.5 cm³/mol. The fourth-order valence-electron chi connectivity index (χ4n) is 4.24. The van der Waals surface area contributed by atoms with Gasteiger partial charge in [-0.05, 0) is 5.41 Å². The second kappa shape index (κ2) is 4.92. The molecule has 0 fully saturated rings. The Morgan fingerprint density at radius 1 is 1.08 bits per heavy atom. The Kier molecular flexibility index (Phi) is 3.08. The monoisotopic (exact) mass is 348 g/mol. The number of nitriles is 1. The molecule has 0 aromatic heterocycles. The van der Waals surface area contributed by atoms with E-state index in [2.05, 4.69) is 0 Å². The number of benzene rings is 1. The van der Waals surface area contributed by atoms with Crippen LogP contribution in [0.4, 0.5) is 0 Å². The molecule has 1 aliphatic heterocycles. The number of carbonyl (C=O) groups excluding carboxylic acids is 3. The van der Waals surface area contributed by atoms with Gasteiger partial charge in [0.15, 0.2) is 22.8 Å². The van der Waals surface area contributed by atoms with Gasteiger partial charge in [0, 0.05) is 24.0 Å². The number of hydrogen-bond donors (Lipinski definition) is 1. The zero-order valence-corrected chi connectivity index (χ0v) is 14.4. The number of allylic oxidation sites excluding steroid dienone is 3. The van der Waals surface area contributed by atoms with Crippen LogP contribution in [0.15, 0.2) is 47.1 Å². The number of carbonyl (C=O) groups is 3. The molecule has 2 N–H and O–H groups in total. The molecule has 130 valence electrons. The van der Waals surface area contributed by atoms with Crippen LogP contribution in [0.5, 0.6) is 0 Å². The van der Waals surface area contributed by atoms with E-state index in [-0.39, 0.29) is 51.5 Å². The lowest BCUT2D eigenvalue weighted by Crippen LogP contribution is -2.47. The van der Waals surface area contributed by atoms with Crippen LogP contribution in [-0.2, 0) is 9.53 Å². The van der Waals surface area contributed by atoms with Crippen molar-refractivity contribution >= 4 is 17.3 Å². The second-order valence-corrected chi connectivity index (χ2v) is 7.65. The van der Waals surface area contributed by atoms with Gasteiger partial charge in [0.2, 0.25) is 5.88 Å². The van der Waals surface area contributed by atoms with E-state index in [1.165, 1.54) is 12.1 Å². The molecule has 1 heterocycles. The molecule has 4 rings (SSSR count). The second-order valence-electron chi connectivity index (χ2n) is 7.65. The van der Waals surface area contributed by atoms with Crippen LogP contribution in [0.25, 0.3) is 0 Å². The largest absolute Gasteiger partial charge is 0.444 e. The highest BCUT2D eigenvalue weighted by Crippen LogP contribution is 2.55. The molecule has 3 aliphatic rings. The molecule has 1 aromatic carbocycles. The van der Waals surface area contributed by atoms with Crippen molar-refractivity contribution in [1.29, 1.82) is 5.26 Å². The molecule has 0 radical (unpaired) electrons. The van der Waals surface area contributed by atoms with Crippen molar-refractivity contribution in [1.82, 2.24) is 0 Å². The number of nitrogens with two attached hydrogens (primary N) is 1. The molecule has 0 unspecified atom stereocenters. The van der Waals surface area contributed by atoms with Crippen molar-refractivity contribution in [3.63, 3.8) is 0 Å². The van der Waals surface area contributed by atoms with Crippen LogP contribution >= 0.6 is 0 Å². The maximum absolute atomic E-state index is 13.4. The number of fused-ring (bicyclic) bond motifs is 2. The van der Waals surface area contributed by atoms with E-state index in [0.717, 1.165) is 0 Å². The summed E-state index contributed by atoms with van der Waals surface area (Å²) in [6.07, 6.45) is 0.512. The summed E-state index contributed by atoms with van der Waals surface area (Å²) in [4.78, 5) is 39.7. The minimum Gasteiger partial charge on any atom is -0.444 e. The van der Waals surface area contributed by atoms with Gasteiger partial charge >= 0.3 is 0 Å². The highest BCUT2D eigenvalue weighted by molar-refractivity contribution is 6.36. The summed E-state index contributed by atoms with van der Waals surface area (Å²) in [5.41, 5.74) is 3.61. The third-order valence-electron chi connectivity index (χ3n) is 5.27. The number of ether oxygens (including phenoxy) is 1. The normalized spacial score (nSPS) is 22.9. The van der Waals surface area contributed by atoms with E-state index in [1.54, 1.807) is 12.1 Å². The van der Waals surface area contributed by atoms with Crippen molar-refractivity contribution < 1.29 is 19.1 Å². The number of nitrogens with zero attached hydrogens (tertiary/aromatic N) is 1. The minimum atomic E-state index is -2.01. The van der Waals surface area contributed by atoms with Crippen molar-refractivity contribution in [3.05, 3.63) is 58.2 Å². The molecule has 6 nitrogen and oxygen atoms in total. The lowest BCUT2D eigenvalue weighted by atomic mass is 9.62. The Bertz CT molecular complexity index is 985. The Hall–Kier alpha value is -3.20. The molecule has 0 saturated carbocycles. The molecule has 26 heavy (non-hydrogen) atoms. The first kappa shape index (κ1) is 16.3. The van der Waals surface area contributed by atoms with Gasteiger partial charge in [-0.15, -0.1) is 0 Å². The molecule has 6 heteroatoms. The van der Waals surface area contributed by atoms with Gasteiger partial charge in [-0.25, -0.2) is 0 Å². The fourth-order valence-corrected chi connectivity index (χ4v) is 4.24. The van der Waals surface area contributed by atoms with E-state index in [0.29, 0.717) is 6.42 Å². The van der Waals surface area contributed by atoms with Crippen LogP contribution in [0.3, 0.4) is 0 Å². The van der Waals surface area contributed by atoms with Crippen molar-refractivity contribution in [3.8, 4) is 6.07 Å². The van der Waals surface area contributed by atoms with Crippen LogP contribution in [0, 0.1) is 22.2 Å². The van der Waals surface area contributed by atoms with E-state index >= 15 is 0 Å². The van der Waals surface area contributed by atoms with Crippen molar-refractivity contribution in [2.24, 2.45) is 16.6 Å². The molecule has 2 aliphatic carbocycles. The molecule has 0 bridgehead atoms. The Balaban J connectivity index is 2.08. The van der Waals surface area contributed by atoms with Gasteiger partial charge < -0.3 is 10.5 Å². The molecule has 0 saturated heterocycles. The standard InChI is InChI=1S/C20H16N2O4/c1-19(2)7-13(23)15-14(8-19)26-18(22)12(9-21)20(15)16(24)10-5-3-4-6-11(10)17(20)25/h3-6H,7-8,22H2,1-2H3. The van der Waals surface area contributed by atoms with E-state index in [4.69, 9.17) is 10.5 Å². The Morgan fingerprint density at radius 3 is 2.19 bits per heavy atom. The summed E-state index contributed by atoms with van der Waals surface area (Å²) < 4.78 is 5.57. The third kappa shape index (κ3) is 1.77. The predicted octanol–water partition coefficient (Wildman–Crippen LogP) is 2.42. The average molecular weight is 348 g/mol. The SMILES string of the molecule is CC1(C)CC(=O)C2=C(C1)OC(N)=C(C#N)C21C(=O)c2ccccc2C1=O. The molecule has 0 atom stereocenters. The first-order chi connectivity index (χ1) is 12.2. The zero-order valence-electron chi connectivity index (χ0n) is 14.4. The van der Waals surface area contributed by atoms with Gasteiger partial charge in [0.1, 0.15) is 17.4 Å². The Labute approximate surface area is 149 Å². The zero-order chi connectivity index (χ0) is 18.9. The van der Waals surface area contributed by atoms with Crippen LogP contribution in [-0.4, -0.2) is 17.3 Å². The number of hydrogen-bond acceptors (Lipinski definition) is 6. The van der Waals surface area contributed by atoms with Crippen molar-refractivity contribution in [2.75, 3.05) is 0 Å². The fraction of sp³-hybridized carbons (Fsp3) is 0.300. The number of rotatable bonds is 0. The minimum absolute atomic E-state index is 0.0197. The lowest BCUT2D eigenvalue weighted by molar-refractivity contribution is -0.119. The molecular weight excluding hydrogens is 332 g/mol. The Morgan fingerprint density at radius 2 is 1.65 bits per heavy atom. The first-order valence-corrected chi connectivity index (χ1v) is 8.27. The molecule has 0 amide bonds. The summed E-state index contributed by atoms with van der Waals surface area (Å²) in [6, 6.07) is 8.20. The van der Waals surface area contributed by atoms with E-state index < -0.39 is 17.0 Å². The lowest BCUT2D eigenvalue weighted by Gasteiger charge is -2.40. The van der Waals surface area contributed by atoms with Gasteiger partial charge in [-0.2, -0.15) is 5.26 Å². The summed E-state index contributed by atoms with van der Waals surface area (Å²) in [7, 11) is 0. The molecular formula is C20H16N2O4. The summed E-state index contributed by atoms with van der Waals surface area (Å²) in [6.45, 7) is 3.80. The van der Waals surface area contributed by atoms with E-state index in [1.807, 2.05) is 19.9 Å². The van der Waals surface area contributed by atoms with Gasteiger partial charge in [-0.3, -0.25) is 14.4 Å². The van der Waals surface area contributed by atoms with Crippen LogP contribution in [0.2, 0.25) is 0 Å². The quantitative estimate of drug-likeness (QED) is 0.721. The number of Topliss-reactive ketones (excluding diaryl/α,β-unsaturated/α-hetero) is 3. The van der Waals surface area contributed by atoms with Gasteiger partial charge in [0.25, 0.3) is 0 Å². The van der Waals surface area contributed by atoms with E-state index in [9.17, 15) is 19.6 Å². The number of ketones is 3. The summed E-state index contributed by atoms with van der Waals surface area (Å²) >= 11 is 0. The van der Waals surface area contributed by atoms with Crippen molar-refractivity contribution in [2.45, 2.75) is 26.7 Å². The van der Waals surface area contributed by atoms with Gasteiger partial charge in [-0.1, -0.05) is 38.1 Å². The molecule has 1 aromatic rings. The van der Waals surface area contributed by atoms with Crippen LogP contribution < -0.4 is 5.73 Å². The highest BCUT2D eigenvalue weighted by Gasteiger charge is 2.64.